The lowest BCUT2D eigenvalue weighted by atomic mass is 9.94. The van der Waals surface area contributed by atoms with E-state index in [1.807, 2.05) is 38.1 Å². The van der Waals surface area contributed by atoms with E-state index in [1.54, 1.807) is 9.47 Å². The number of aromatic nitrogens is 1. The molecule has 3 heterocycles. The standard InChI is InChI=1S/C29H33N5O2S2/c1-3-33-26(32-16-14-31(15-17-32)21-10-6-4-7-11-21)23(20(2)24(19-30)27(33)35)18-25-28(36)34(29(37)38-25)22-12-8-5-9-13-22/h4,6-7,10-11,18,22H,3,5,8-9,12-17H2,1-2H3/b25-18-. The van der Waals surface area contributed by atoms with Crippen molar-refractivity contribution in [3.8, 4) is 6.07 Å². The zero-order valence-electron chi connectivity index (χ0n) is 22.0. The quantitative estimate of drug-likeness (QED) is 0.389. The van der Waals surface area contributed by atoms with Crippen molar-refractivity contribution in [1.29, 1.82) is 5.26 Å². The van der Waals surface area contributed by atoms with Crippen molar-refractivity contribution in [2.45, 2.75) is 58.5 Å². The van der Waals surface area contributed by atoms with Gasteiger partial charge in [-0.2, -0.15) is 5.26 Å². The molecule has 1 saturated carbocycles. The normalized spacial score (nSPS) is 19.9. The highest BCUT2D eigenvalue weighted by atomic mass is 32.2. The highest BCUT2D eigenvalue weighted by molar-refractivity contribution is 8.26. The number of hydrogen-bond acceptors (Lipinski definition) is 7. The number of amides is 1. The van der Waals surface area contributed by atoms with Crippen molar-refractivity contribution in [3.05, 3.63) is 62.3 Å². The van der Waals surface area contributed by atoms with E-state index in [-0.39, 0.29) is 23.1 Å². The van der Waals surface area contributed by atoms with E-state index in [0.717, 1.165) is 63.2 Å². The predicted octanol–water partition coefficient (Wildman–Crippen LogP) is 4.91. The van der Waals surface area contributed by atoms with Crippen molar-refractivity contribution >= 4 is 51.8 Å². The number of anilines is 2. The van der Waals surface area contributed by atoms with Crippen molar-refractivity contribution in [2.24, 2.45) is 0 Å². The third kappa shape index (κ3) is 4.87. The van der Waals surface area contributed by atoms with Crippen LogP contribution in [0.4, 0.5) is 11.5 Å². The van der Waals surface area contributed by atoms with Crippen LogP contribution in [0.15, 0.2) is 40.0 Å². The molecule has 1 aromatic heterocycles. The first kappa shape index (κ1) is 26.5. The molecule has 2 aliphatic heterocycles. The summed E-state index contributed by atoms with van der Waals surface area (Å²) in [5.41, 5.74) is 2.42. The molecule has 1 aromatic carbocycles. The number of thioether (sulfide) groups is 1. The molecule has 5 rings (SSSR count). The van der Waals surface area contributed by atoms with Gasteiger partial charge in [-0.3, -0.25) is 19.1 Å². The van der Waals surface area contributed by atoms with Gasteiger partial charge in [0.05, 0.1) is 4.91 Å². The summed E-state index contributed by atoms with van der Waals surface area (Å²) in [4.78, 5) is 33.9. The van der Waals surface area contributed by atoms with Gasteiger partial charge in [-0.05, 0) is 50.5 Å². The molecule has 0 spiro atoms. The van der Waals surface area contributed by atoms with Gasteiger partial charge in [0, 0.05) is 50.0 Å². The van der Waals surface area contributed by atoms with Crippen LogP contribution in [0, 0.1) is 18.3 Å². The Labute approximate surface area is 233 Å². The van der Waals surface area contributed by atoms with Crippen molar-refractivity contribution < 1.29 is 4.79 Å². The van der Waals surface area contributed by atoms with Crippen LogP contribution in [-0.2, 0) is 11.3 Å². The summed E-state index contributed by atoms with van der Waals surface area (Å²) < 4.78 is 2.30. The van der Waals surface area contributed by atoms with Crippen LogP contribution in [0.5, 0.6) is 0 Å². The Kier molecular flexibility index (Phi) is 7.91. The van der Waals surface area contributed by atoms with Crippen molar-refractivity contribution in [3.63, 3.8) is 0 Å². The molecule has 1 aliphatic carbocycles. The van der Waals surface area contributed by atoms with Gasteiger partial charge in [0.15, 0.2) is 0 Å². The maximum Gasteiger partial charge on any atom is 0.270 e. The van der Waals surface area contributed by atoms with Gasteiger partial charge in [0.1, 0.15) is 21.8 Å². The molecule has 7 nitrogen and oxygen atoms in total. The first-order chi connectivity index (χ1) is 18.4. The predicted molar refractivity (Wildman–Crippen MR) is 159 cm³/mol. The summed E-state index contributed by atoms with van der Waals surface area (Å²) in [6.45, 7) is 7.25. The monoisotopic (exact) mass is 547 g/mol. The second-order valence-corrected chi connectivity index (χ2v) is 11.7. The Morgan fingerprint density at radius 1 is 1.05 bits per heavy atom. The minimum atomic E-state index is -0.278. The molecule has 0 radical (unpaired) electrons. The first-order valence-electron chi connectivity index (χ1n) is 13.4. The molecule has 9 heteroatoms. The maximum absolute atomic E-state index is 13.6. The van der Waals surface area contributed by atoms with Crippen LogP contribution in [0.2, 0.25) is 0 Å². The summed E-state index contributed by atoms with van der Waals surface area (Å²) in [5, 5.41) is 9.87. The second kappa shape index (κ2) is 11.3. The molecular formula is C29H33N5O2S2. The largest absolute Gasteiger partial charge is 0.368 e. The van der Waals surface area contributed by atoms with E-state index < -0.39 is 0 Å². The number of benzene rings is 1. The van der Waals surface area contributed by atoms with E-state index in [1.165, 1.54) is 23.9 Å². The Bertz CT molecular complexity index is 1360. The molecule has 0 N–H and O–H groups in total. The number of thiocarbonyl (C=S) groups is 1. The summed E-state index contributed by atoms with van der Waals surface area (Å²) in [7, 11) is 0. The van der Waals surface area contributed by atoms with Crippen molar-refractivity contribution in [2.75, 3.05) is 36.0 Å². The molecule has 3 fully saturated rings. The minimum absolute atomic E-state index is 0.0566. The lowest BCUT2D eigenvalue weighted by Crippen LogP contribution is -2.48. The summed E-state index contributed by atoms with van der Waals surface area (Å²) >= 11 is 7.00. The van der Waals surface area contributed by atoms with Gasteiger partial charge in [-0.15, -0.1) is 0 Å². The summed E-state index contributed by atoms with van der Waals surface area (Å²) in [6.07, 6.45) is 7.28. The maximum atomic E-state index is 13.6. The van der Waals surface area contributed by atoms with E-state index in [0.29, 0.717) is 21.3 Å². The van der Waals surface area contributed by atoms with Crippen LogP contribution < -0.4 is 15.4 Å². The van der Waals surface area contributed by atoms with E-state index in [4.69, 9.17) is 12.2 Å². The molecule has 0 bridgehead atoms. The lowest BCUT2D eigenvalue weighted by Gasteiger charge is -2.39. The average Bonchev–Trinajstić information content (AvgIpc) is 3.23. The van der Waals surface area contributed by atoms with Gasteiger partial charge in [0.2, 0.25) is 0 Å². The molecule has 2 saturated heterocycles. The molecule has 38 heavy (non-hydrogen) atoms. The fourth-order valence-corrected chi connectivity index (χ4v) is 7.24. The minimum Gasteiger partial charge on any atom is -0.368 e. The van der Waals surface area contributed by atoms with Crippen molar-refractivity contribution in [1.82, 2.24) is 9.47 Å². The number of carbonyl (C=O) groups is 1. The molecule has 198 valence electrons. The van der Waals surface area contributed by atoms with Crippen LogP contribution in [0.25, 0.3) is 6.08 Å². The number of rotatable bonds is 5. The van der Waals surface area contributed by atoms with Gasteiger partial charge in [-0.1, -0.05) is 61.4 Å². The zero-order valence-corrected chi connectivity index (χ0v) is 23.6. The third-order valence-electron chi connectivity index (χ3n) is 7.90. The number of piperazine rings is 1. The Morgan fingerprint density at radius 3 is 2.34 bits per heavy atom. The fraction of sp³-hybridized carbons (Fsp3) is 0.448. The molecular weight excluding hydrogens is 514 g/mol. The Balaban J connectivity index is 1.53. The van der Waals surface area contributed by atoms with E-state index in [9.17, 15) is 14.9 Å². The van der Waals surface area contributed by atoms with Crippen LogP contribution in [0.3, 0.4) is 0 Å². The van der Waals surface area contributed by atoms with E-state index in [2.05, 4.69) is 28.0 Å². The fourth-order valence-electron chi connectivity index (χ4n) is 5.86. The van der Waals surface area contributed by atoms with Gasteiger partial charge >= 0.3 is 0 Å². The van der Waals surface area contributed by atoms with Crippen LogP contribution >= 0.6 is 24.0 Å². The summed E-state index contributed by atoms with van der Waals surface area (Å²) in [6, 6.07) is 12.6. The SMILES string of the molecule is CCn1c(N2CCN(c3ccccc3)CC2)c(/C=C2\SC(=S)N(C3CCCCC3)C2=O)c(C)c(C#N)c1=O. The van der Waals surface area contributed by atoms with Crippen LogP contribution in [-0.4, -0.2) is 51.9 Å². The summed E-state index contributed by atoms with van der Waals surface area (Å²) in [5.74, 6) is 0.726. The number of hydrogen-bond donors (Lipinski definition) is 0. The molecule has 0 atom stereocenters. The number of nitrogens with zero attached hydrogens (tertiary/aromatic N) is 5. The first-order valence-corrected chi connectivity index (χ1v) is 14.7. The highest BCUT2D eigenvalue weighted by Crippen LogP contribution is 2.39. The van der Waals surface area contributed by atoms with Gasteiger partial charge in [0.25, 0.3) is 11.5 Å². The lowest BCUT2D eigenvalue weighted by molar-refractivity contribution is -0.124. The number of carbonyl (C=O) groups excluding carboxylic acids is 1. The number of para-hydroxylation sites is 1. The molecule has 3 aliphatic rings. The highest BCUT2D eigenvalue weighted by Gasteiger charge is 2.38. The van der Waals surface area contributed by atoms with Gasteiger partial charge in [-0.25, -0.2) is 0 Å². The van der Waals surface area contributed by atoms with E-state index >= 15 is 0 Å². The molecule has 1 amide bonds. The zero-order chi connectivity index (χ0) is 26.8. The number of pyridine rings is 1. The average molecular weight is 548 g/mol. The molecule has 0 unspecified atom stereocenters. The molecule has 2 aromatic rings. The number of nitriles is 1. The van der Waals surface area contributed by atoms with Crippen LogP contribution in [0.1, 0.15) is 55.7 Å². The Morgan fingerprint density at radius 2 is 1.71 bits per heavy atom. The van der Waals surface area contributed by atoms with Gasteiger partial charge < -0.3 is 9.80 Å². The third-order valence-corrected chi connectivity index (χ3v) is 9.23. The smallest absolute Gasteiger partial charge is 0.270 e. The topological polar surface area (TPSA) is 72.6 Å². The Hall–Kier alpha value is -3.09. The second-order valence-electron chi connectivity index (χ2n) is 10.1.